The molecule has 0 aliphatic rings. The van der Waals surface area contributed by atoms with Gasteiger partial charge in [-0.1, -0.05) is 38.6 Å². The van der Waals surface area contributed by atoms with Crippen molar-refractivity contribution in [3.05, 3.63) is 36.4 Å². The van der Waals surface area contributed by atoms with E-state index in [-0.39, 0.29) is 12.0 Å². The van der Waals surface area contributed by atoms with Crippen molar-refractivity contribution in [2.45, 2.75) is 46.5 Å². The van der Waals surface area contributed by atoms with E-state index in [4.69, 9.17) is 9.47 Å². The highest BCUT2D eigenvalue weighted by molar-refractivity contribution is 5.48. The summed E-state index contributed by atoms with van der Waals surface area (Å²) < 4.78 is 11.9. The molecule has 0 saturated carbocycles. The first-order valence-electron chi connectivity index (χ1n) is 6.46. The summed E-state index contributed by atoms with van der Waals surface area (Å²) in [6.45, 7) is 14.0. The molecule has 0 bridgehead atoms. The van der Waals surface area contributed by atoms with Crippen molar-refractivity contribution in [1.29, 1.82) is 0 Å². The first kappa shape index (κ1) is 14.8. The summed E-state index contributed by atoms with van der Waals surface area (Å²) in [4.78, 5) is 0. The fraction of sp³-hybridized carbons (Fsp3) is 0.500. The van der Waals surface area contributed by atoms with Crippen molar-refractivity contribution in [2.75, 3.05) is 0 Å². The van der Waals surface area contributed by atoms with Gasteiger partial charge in [-0.15, -0.1) is 0 Å². The smallest absolute Gasteiger partial charge is 0.210 e. The lowest BCUT2D eigenvalue weighted by Crippen LogP contribution is -2.43. The molecular weight excluding hydrogens is 224 g/mol. The molecule has 0 fully saturated rings. The van der Waals surface area contributed by atoms with Gasteiger partial charge in [0.1, 0.15) is 5.75 Å². The quantitative estimate of drug-likeness (QED) is 0.690. The normalized spacial score (nSPS) is 14.6. The molecule has 100 valence electrons. The van der Waals surface area contributed by atoms with Crippen molar-refractivity contribution in [3.8, 4) is 5.75 Å². The van der Waals surface area contributed by atoms with Crippen molar-refractivity contribution < 1.29 is 9.47 Å². The topological polar surface area (TPSA) is 18.5 Å². The molecule has 1 aromatic carbocycles. The van der Waals surface area contributed by atoms with Crippen LogP contribution in [0.4, 0.5) is 0 Å². The van der Waals surface area contributed by atoms with Gasteiger partial charge in [-0.2, -0.15) is 0 Å². The Morgan fingerprint density at radius 2 is 1.67 bits per heavy atom. The third-order valence-electron chi connectivity index (χ3n) is 2.95. The van der Waals surface area contributed by atoms with Gasteiger partial charge < -0.3 is 9.47 Å². The van der Waals surface area contributed by atoms with E-state index in [2.05, 4.69) is 20.4 Å². The second kappa shape index (κ2) is 6.05. The van der Waals surface area contributed by atoms with E-state index in [9.17, 15) is 0 Å². The fourth-order valence-electron chi connectivity index (χ4n) is 1.65. The highest BCUT2D eigenvalue weighted by Crippen LogP contribution is 2.28. The van der Waals surface area contributed by atoms with Gasteiger partial charge in [0, 0.05) is 12.8 Å². The van der Waals surface area contributed by atoms with Gasteiger partial charge in [-0.05, 0) is 31.5 Å². The molecule has 0 aliphatic heterocycles. The molecule has 1 aromatic rings. The van der Waals surface area contributed by atoms with Crippen LogP contribution in [0.3, 0.4) is 0 Å². The minimum Gasteiger partial charge on any atom is -0.462 e. The van der Waals surface area contributed by atoms with Gasteiger partial charge in [0.25, 0.3) is 0 Å². The zero-order valence-corrected chi connectivity index (χ0v) is 12.1. The first-order valence-corrected chi connectivity index (χ1v) is 6.46. The molecule has 0 N–H and O–H groups in total. The van der Waals surface area contributed by atoms with Gasteiger partial charge in [-0.3, -0.25) is 0 Å². The molecule has 1 rings (SSSR count). The molecule has 2 heteroatoms. The van der Waals surface area contributed by atoms with Gasteiger partial charge in [0.15, 0.2) is 0 Å². The second-order valence-corrected chi connectivity index (χ2v) is 5.21. The van der Waals surface area contributed by atoms with Crippen LogP contribution in [0.25, 0.3) is 6.08 Å². The van der Waals surface area contributed by atoms with E-state index in [0.29, 0.717) is 0 Å². The molecule has 2 nitrogen and oxygen atoms in total. The van der Waals surface area contributed by atoms with Gasteiger partial charge >= 0.3 is 0 Å². The van der Waals surface area contributed by atoms with Crippen LogP contribution in [0.15, 0.2) is 30.8 Å². The van der Waals surface area contributed by atoms with Gasteiger partial charge in [-0.25, -0.2) is 0 Å². The summed E-state index contributed by atoms with van der Waals surface area (Å²) in [5, 5.41) is 0. The van der Waals surface area contributed by atoms with Crippen molar-refractivity contribution in [2.24, 2.45) is 5.92 Å². The summed E-state index contributed by atoms with van der Waals surface area (Å²) in [5.74, 6) is 0.473. The average molecular weight is 248 g/mol. The Labute approximate surface area is 111 Å². The van der Waals surface area contributed by atoms with E-state index < -0.39 is 5.79 Å². The third kappa shape index (κ3) is 3.88. The lowest BCUT2D eigenvalue weighted by Gasteiger charge is -2.36. The number of hydrogen-bond acceptors (Lipinski definition) is 2. The van der Waals surface area contributed by atoms with Gasteiger partial charge in [0.2, 0.25) is 5.79 Å². The Morgan fingerprint density at radius 3 is 2.06 bits per heavy atom. The van der Waals surface area contributed by atoms with E-state index >= 15 is 0 Å². The summed E-state index contributed by atoms with van der Waals surface area (Å²) in [5.41, 5.74) is 1.08. The summed E-state index contributed by atoms with van der Waals surface area (Å²) in [6.07, 6.45) is 1.95. The lowest BCUT2D eigenvalue weighted by atomic mass is 10.0. The van der Waals surface area contributed by atoms with Crippen LogP contribution in [0, 0.1) is 5.92 Å². The predicted molar refractivity (Wildman–Crippen MR) is 76.6 cm³/mol. The SMILES string of the molecule is C=Cc1ccc(OC(C)(OC(C)C)C(C)C)cc1. The number of rotatable bonds is 6. The highest BCUT2D eigenvalue weighted by Gasteiger charge is 2.32. The zero-order valence-electron chi connectivity index (χ0n) is 12.1. The summed E-state index contributed by atoms with van der Waals surface area (Å²) >= 11 is 0. The number of benzene rings is 1. The average Bonchev–Trinajstić information content (AvgIpc) is 2.28. The molecule has 0 radical (unpaired) electrons. The Balaban J connectivity index is 2.85. The summed E-state index contributed by atoms with van der Waals surface area (Å²) in [7, 11) is 0. The lowest BCUT2D eigenvalue weighted by molar-refractivity contribution is -0.217. The van der Waals surface area contributed by atoms with Crippen LogP contribution >= 0.6 is 0 Å². The van der Waals surface area contributed by atoms with Crippen molar-refractivity contribution in [3.63, 3.8) is 0 Å². The Bertz CT molecular complexity index is 379. The predicted octanol–water partition coefficient (Wildman–Crippen LogP) is 4.51. The second-order valence-electron chi connectivity index (χ2n) is 5.21. The molecule has 0 aromatic heterocycles. The van der Waals surface area contributed by atoms with Gasteiger partial charge in [0.05, 0.1) is 6.10 Å². The van der Waals surface area contributed by atoms with E-state index in [1.165, 1.54) is 0 Å². The van der Waals surface area contributed by atoms with E-state index in [1.807, 2.05) is 51.1 Å². The molecule has 0 amide bonds. The fourth-order valence-corrected chi connectivity index (χ4v) is 1.65. The summed E-state index contributed by atoms with van der Waals surface area (Å²) in [6, 6.07) is 7.86. The van der Waals surface area contributed by atoms with E-state index in [1.54, 1.807) is 0 Å². The number of hydrogen-bond donors (Lipinski definition) is 0. The maximum Gasteiger partial charge on any atom is 0.210 e. The molecular formula is C16H24O2. The molecule has 0 aliphatic carbocycles. The molecule has 0 heterocycles. The molecule has 0 saturated heterocycles. The Kier molecular flexibility index (Phi) is 4.97. The van der Waals surface area contributed by atoms with Crippen molar-refractivity contribution in [1.82, 2.24) is 0 Å². The monoisotopic (exact) mass is 248 g/mol. The minimum atomic E-state index is -0.607. The van der Waals surface area contributed by atoms with Crippen LogP contribution in [0.5, 0.6) is 5.75 Å². The minimum absolute atomic E-state index is 0.129. The molecule has 1 atom stereocenters. The largest absolute Gasteiger partial charge is 0.462 e. The maximum absolute atomic E-state index is 6.02. The van der Waals surface area contributed by atoms with Crippen LogP contribution in [-0.4, -0.2) is 11.9 Å². The Hall–Kier alpha value is -1.28. The maximum atomic E-state index is 6.02. The van der Waals surface area contributed by atoms with Crippen LogP contribution in [0.2, 0.25) is 0 Å². The first-order chi connectivity index (χ1) is 8.37. The van der Waals surface area contributed by atoms with Crippen LogP contribution in [0.1, 0.15) is 40.2 Å². The molecule has 1 unspecified atom stereocenters. The van der Waals surface area contributed by atoms with Crippen LogP contribution < -0.4 is 4.74 Å². The highest BCUT2D eigenvalue weighted by atomic mass is 16.7. The van der Waals surface area contributed by atoms with Crippen LogP contribution in [-0.2, 0) is 4.74 Å². The van der Waals surface area contributed by atoms with E-state index in [0.717, 1.165) is 11.3 Å². The third-order valence-corrected chi connectivity index (χ3v) is 2.95. The van der Waals surface area contributed by atoms with Crippen molar-refractivity contribution >= 4 is 6.08 Å². The zero-order chi connectivity index (χ0) is 13.8. The molecule has 18 heavy (non-hydrogen) atoms. The standard InChI is InChI=1S/C16H24O2/c1-7-14-8-10-15(11-9-14)18-16(6,12(2)3)17-13(4)5/h7-13H,1H2,2-6H3. The number of ether oxygens (including phenoxy) is 2. The Morgan fingerprint density at radius 1 is 1.11 bits per heavy atom. The molecule has 0 spiro atoms.